The van der Waals surface area contributed by atoms with Crippen LogP contribution in [-0.4, -0.2) is 35.4 Å². The quantitative estimate of drug-likeness (QED) is 0.493. The van der Waals surface area contributed by atoms with Crippen LogP contribution in [0.3, 0.4) is 0 Å². The van der Waals surface area contributed by atoms with E-state index >= 15 is 0 Å². The number of carbonyl (C=O) groups is 1. The predicted molar refractivity (Wildman–Crippen MR) is 80.9 cm³/mol. The van der Waals surface area contributed by atoms with Gasteiger partial charge in [-0.3, -0.25) is 4.79 Å². The van der Waals surface area contributed by atoms with E-state index in [4.69, 9.17) is 5.73 Å². The number of nitrogens with zero attached hydrogens (tertiary/aromatic N) is 1. The standard InChI is InChI=1S/C16H24N2O2/c1-12-6-9-18(10-7-12)8-2-3-15(19)13-4-5-14(17)16(20)11-13/h4-5,11-12,20H,2-3,6-10,17H2,1H3. The minimum atomic E-state index is -0.0131. The average molecular weight is 276 g/mol. The van der Waals surface area contributed by atoms with Gasteiger partial charge in [0.2, 0.25) is 0 Å². The maximum atomic E-state index is 12.0. The Balaban J connectivity index is 1.76. The second kappa shape index (κ2) is 6.75. The first-order chi connectivity index (χ1) is 9.56. The van der Waals surface area contributed by atoms with Gasteiger partial charge in [0.05, 0.1) is 5.69 Å². The molecule has 0 bridgehead atoms. The lowest BCUT2D eigenvalue weighted by atomic mass is 9.99. The van der Waals surface area contributed by atoms with Crippen LogP contribution >= 0.6 is 0 Å². The monoisotopic (exact) mass is 276 g/mol. The number of nitrogens with two attached hydrogens (primary N) is 1. The molecule has 0 aliphatic carbocycles. The molecule has 1 fully saturated rings. The molecule has 4 nitrogen and oxygen atoms in total. The van der Waals surface area contributed by atoms with E-state index in [2.05, 4.69) is 11.8 Å². The highest BCUT2D eigenvalue weighted by Gasteiger charge is 2.15. The molecular formula is C16H24N2O2. The average Bonchev–Trinajstić information content (AvgIpc) is 2.44. The number of phenols is 1. The maximum absolute atomic E-state index is 12.0. The van der Waals surface area contributed by atoms with Gasteiger partial charge in [-0.1, -0.05) is 6.92 Å². The zero-order valence-corrected chi connectivity index (χ0v) is 12.1. The zero-order chi connectivity index (χ0) is 14.5. The lowest BCUT2D eigenvalue weighted by molar-refractivity contribution is 0.0970. The van der Waals surface area contributed by atoms with E-state index in [1.54, 1.807) is 12.1 Å². The van der Waals surface area contributed by atoms with Gasteiger partial charge in [0.15, 0.2) is 5.78 Å². The molecule has 0 aromatic heterocycles. The molecule has 0 amide bonds. The third kappa shape index (κ3) is 3.97. The van der Waals surface area contributed by atoms with Gasteiger partial charge in [0.1, 0.15) is 5.75 Å². The van der Waals surface area contributed by atoms with Crippen molar-refractivity contribution in [3.8, 4) is 5.75 Å². The van der Waals surface area contributed by atoms with Crippen molar-refractivity contribution < 1.29 is 9.90 Å². The van der Waals surface area contributed by atoms with Crippen molar-refractivity contribution in [2.75, 3.05) is 25.4 Å². The summed E-state index contributed by atoms with van der Waals surface area (Å²) in [5, 5.41) is 9.52. The summed E-state index contributed by atoms with van der Waals surface area (Å²) in [6.45, 7) is 5.59. The molecule has 0 atom stereocenters. The smallest absolute Gasteiger partial charge is 0.163 e. The molecule has 0 radical (unpaired) electrons. The highest BCUT2D eigenvalue weighted by Crippen LogP contribution is 2.22. The number of hydrogen-bond donors (Lipinski definition) is 2. The van der Waals surface area contributed by atoms with E-state index in [1.807, 2.05) is 0 Å². The van der Waals surface area contributed by atoms with Crippen LogP contribution in [0, 0.1) is 5.92 Å². The molecule has 1 aliphatic heterocycles. The third-order valence-electron chi connectivity index (χ3n) is 4.11. The number of Topliss-reactive ketones (excluding diaryl/α,β-unsaturated/α-hetero) is 1. The SMILES string of the molecule is CC1CCN(CCCC(=O)c2ccc(N)c(O)c2)CC1. The Bertz CT molecular complexity index is 466. The molecule has 2 rings (SSSR count). The lowest BCUT2D eigenvalue weighted by Crippen LogP contribution is -2.33. The van der Waals surface area contributed by atoms with Crippen molar-refractivity contribution in [3.05, 3.63) is 23.8 Å². The fraction of sp³-hybridized carbons (Fsp3) is 0.562. The van der Waals surface area contributed by atoms with E-state index in [-0.39, 0.29) is 11.5 Å². The van der Waals surface area contributed by atoms with E-state index in [9.17, 15) is 9.90 Å². The minimum absolute atomic E-state index is 0.0131. The van der Waals surface area contributed by atoms with E-state index < -0.39 is 0 Å². The first-order valence-electron chi connectivity index (χ1n) is 7.40. The second-order valence-electron chi connectivity index (χ2n) is 5.82. The van der Waals surface area contributed by atoms with E-state index in [0.717, 1.165) is 32.0 Å². The number of carbonyl (C=O) groups excluding carboxylic acids is 1. The summed E-state index contributed by atoms with van der Waals surface area (Å²) < 4.78 is 0. The van der Waals surface area contributed by atoms with Crippen molar-refractivity contribution in [1.29, 1.82) is 0 Å². The van der Waals surface area contributed by atoms with Crippen molar-refractivity contribution in [3.63, 3.8) is 0 Å². The Labute approximate surface area is 120 Å². The predicted octanol–water partition coefficient (Wildman–Crippen LogP) is 2.67. The molecule has 1 saturated heterocycles. The van der Waals surface area contributed by atoms with Crippen molar-refractivity contribution in [2.45, 2.75) is 32.6 Å². The Morgan fingerprint density at radius 3 is 2.75 bits per heavy atom. The molecule has 4 heteroatoms. The Hall–Kier alpha value is -1.55. The largest absolute Gasteiger partial charge is 0.506 e. The Morgan fingerprint density at radius 1 is 1.40 bits per heavy atom. The molecule has 1 aromatic carbocycles. The van der Waals surface area contributed by atoms with Gasteiger partial charge in [-0.05, 0) is 63.0 Å². The molecule has 0 unspecified atom stereocenters. The van der Waals surface area contributed by atoms with Crippen LogP contribution in [0.2, 0.25) is 0 Å². The topological polar surface area (TPSA) is 66.6 Å². The van der Waals surface area contributed by atoms with Crippen molar-refractivity contribution >= 4 is 11.5 Å². The number of likely N-dealkylation sites (tertiary alicyclic amines) is 1. The first kappa shape index (κ1) is 14.9. The molecule has 1 heterocycles. The van der Waals surface area contributed by atoms with Crippen molar-refractivity contribution in [1.82, 2.24) is 4.90 Å². The van der Waals surface area contributed by atoms with Gasteiger partial charge in [-0.15, -0.1) is 0 Å². The fourth-order valence-electron chi connectivity index (χ4n) is 2.61. The van der Waals surface area contributed by atoms with Gasteiger partial charge in [-0.25, -0.2) is 0 Å². The summed E-state index contributed by atoms with van der Waals surface area (Å²) in [7, 11) is 0. The van der Waals surface area contributed by atoms with Gasteiger partial charge in [0.25, 0.3) is 0 Å². The normalized spacial score (nSPS) is 17.2. The van der Waals surface area contributed by atoms with Crippen LogP contribution in [-0.2, 0) is 0 Å². The van der Waals surface area contributed by atoms with Crippen LogP contribution < -0.4 is 5.73 Å². The van der Waals surface area contributed by atoms with Crippen LogP contribution in [0.4, 0.5) is 5.69 Å². The fourth-order valence-corrected chi connectivity index (χ4v) is 2.61. The Morgan fingerprint density at radius 2 is 2.10 bits per heavy atom. The molecule has 110 valence electrons. The molecule has 1 aromatic rings. The molecule has 0 saturated carbocycles. The number of aromatic hydroxyl groups is 1. The maximum Gasteiger partial charge on any atom is 0.163 e. The Kier molecular flexibility index (Phi) is 5.01. The molecule has 3 N–H and O–H groups in total. The van der Waals surface area contributed by atoms with Gasteiger partial charge in [-0.2, -0.15) is 0 Å². The van der Waals surface area contributed by atoms with Crippen LogP contribution in [0.1, 0.15) is 43.0 Å². The van der Waals surface area contributed by atoms with Gasteiger partial charge in [0, 0.05) is 12.0 Å². The summed E-state index contributed by atoms with van der Waals surface area (Å²) in [5.41, 5.74) is 6.38. The van der Waals surface area contributed by atoms with Crippen LogP contribution in [0.15, 0.2) is 18.2 Å². The molecular weight excluding hydrogens is 252 g/mol. The lowest BCUT2D eigenvalue weighted by Gasteiger charge is -2.29. The summed E-state index contributed by atoms with van der Waals surface area (Å²) >= 11 is 0. The van der Waals surface area contributed by atoms with Gasteiger partial charge >= 0.3 is 0 Å². The highest BCUT2D eigenvalue weighted by atomic mass is 16.3. The number of hydrogen-bond acceptors (Lipinski definition) is 4. The summed E-state index contributed by atoms with van der Waals surface area (Å²) in [6.07, 6.45) is 3.92. The zero-order valence-electron chi connectivity index (χ0n) is 12.1. The summed E-state index contributed by atoms with van der Waals surface area (Å²) in [5.74, 6) is 0.900. The number of rotatable bonds is 5. The number of nitrogen functional groups attached to an aromatic ring is 1. The number of phenolic OH excluding ortho intramolecular Hbond substituents is 1. The highest BCUT2D eigenvalue weighted by molar-refractivity contribution is 5.96. The molecule has 20 heavy (non-hydrogen) atoms. The summed E-state index contributed by atoms with van der Waals surface area (Å²) in [4.78, 5) is 14.5. The number of anilines is 1. The third-order valence-corrected chi connectivity index (χ3v) is 4.11. The summed E-state index contributed by atoms with van der Waals surface area (Å²) in [6, 6.07) is 4.72. The number of benzene rings is 1. The van der Waals surface area contributed by atoms with E-state index in [0.29, 0.717) is 17.7 Å². The van der Waals surface area contributed by atoms with Crippen LogP contribution in [0.25, 0.3) is 0 Å². The molecule has 1 aliphatic rings. The molecule has 0 spiro atoms. The minimum Gasteiger partial charge on any atom is -0.506 e. The first-order valence-corrected chi connectivity index (χ1v) is 7.40. The van der Waals surface area contributed by atoms with Crippen molar-refractivity contribution in [2.24, 2.45) is 5.92 Å². The number of ketones is 1. The van der Waals surface area contributed by atoms with Gasteiger partial charge < -0.3 is 15.7 Å². The van der Waals surface area contributed by atoms with Crippen LogP contribution in [0.5, 0.6) is 5.75 Å². The van der Waals surface area contributed by atoms with E-state index in [1.165, 1.54) is 18.9 Å². The number of piperidine rings is 1. The second-order valence-corrected chi connectivity index (χ2v) is 5.82.